The van der Waals surface area contributed by atoms with Crippen LogP contribution in [0.25, 0.3) is 0 Å². The summed E-state index contributed by atoms with van der Waals surface area (Å²) < 4.78 is 46.3. The predicted octanol–water partition coefficient (Wildman–Crippen LogP) is 6.73. The highest BCUT2D eigenvalue weighted by molar-refractivity contribution is 6.31. The topological polar surface area (TPSA) is 129 Å². The number of nitrogens with zero attached hydrogens (tertiary/aromatic N) is 2. The quantitative estimate of drug-likeness (QED) is 0.160. The van der Waals surface area contributed by atoms with Gasteiger partial charge in [0.1, 0.15) is 24.5 Å². The molecular formula is C39H51ClF3N5O6. The molecule has 54 heavy (non-hydrogen) atoms. The Balaban J connectivity index is 1.39. The van der Waals surface area contributed by atoms with Gasteiger partial charge in [0.15, 0.2) is 0 Å². The summed E-state index contributed by atoms with van der Waals surface area (Å²) in [5, 5.41) is 6.64. The van der Waals surface area contributed by atoms with Crippen molar-refractivity contribution in [1.29, 1.82) is 0 Å². The van der Waals surface area contributed by atoms with Crippen molar-refractivity contribution in [3.8, 4) is 0 Å². The van der Waals surface area contributed by atoms with Crippen LogP contribution in [0.1, 0.15) is 84.4 Å². The van der Waals surface area contributed by atoms with Gasteiger partial charge >= 0.3 is 12.3 Å². The van der Waals surface area contributed by atoms with Gasteiger partial charge in [-0.3, -0.25) is 19.3 Å². The molecule has 3 aliphatic rings. The number of likely N-dealkylation sites (tertiary alicyclic amines) is 1. The minimum Gasteiger partial charge on any atom is -0.444 e. The van der Waals surface area contributed by atoms with Crippen LogP contribution in [-0.4, -0.2) is 76.4 Å². The number of ether oxygens (including phenoxy) is 1. The molecule has 11 nitrogen and oxygen atoms in total. The van der Waals surface area contributed by atoms with Crippen LogP contribution in [-0.2, 0) is 43.2 Å². The Hall–Kier alpha value is -3.88. The van der Waals surface area contributed by atoms with Crippen LogP contribution in [0.15, 0.2) is 42.5 Å². The Labute approximate surface area is 319 Å². The number of hydrogen-bond donors (Lipinski definition) is 3. The number of hydrogen-bond acceptors (Lipinski definition) is 8. The van der Waals surface area contributed by atoms with Crippen LogP contribution in [0.4, 0.5) is 23.7 Å². The van der Waals surface area contributed by atoms with Crippen molar-refractivity contribution in [2.75, 3.05) is 18.4 Å². The standard InChI is InChI=1S/C39H51ClF3N5O6/c1-8-24-17-38(24,32(22-49)46-54-37(5,6)7)45-33(50)31-16-27(53-35(52)47-19-23-11-9-14-30(40)28(23)21-47)20-48(31)34(51)29(36(2,3)4)18-44-26-13-10-12-25(15-26)39(41,42)43/h9-15,22,24,27,29,31-32,44,46H,8,16-21H2,1-7H3,(H,45,50). The van der Waals surface area contributed by atoms with Crippen LogP contribution in [0.5, 0.6) is 0 Å². The summed E-state index contributed by atoms with van der Waals surface area (Å²) in [6, 6.07) is 8.22. The highest BCUT2D eigenvalue weighted by Gasteiger charge is 2.61. The van der Waals surface area contributed by atoms with Gasteiger partial charge in [0.25, 0.3) is 0 Å². The molecule has 3 N–H and O–H groups in total. The summed E-state index contributed by atoms with van der Waals surface area (Å²) in [5.41, 5.74) is 1.62. The molecule has 2 aromatic rings. The maximum absolute atomic E-state index is 14.6. The Morgan fingerprint density at radius 2 is 1.76 bits per heavy atom. The second-order valence-corrected chi connectivity index (χ2v) is 17.1. The van der Waals surface area contributed by atoms with Gasteiger partial charge in [-0.05, 0) is 73.9 Å². The lowest BCUT2D eigenvalue weighted by Gasteiger charge is -2.36. The Kier molecular flexibility index (Phi) is 12.0. The van der Waals surface area contributed by atoms with Crippen LogP contribution >= 0.6 is 11.6 Å². The largest absolute Gasteiger partial charge is 0.444 e. The molecule has 3 amide bonds. The molecule has 1 saturated heterocycles. The van der Waals surface area contributed by atoms with Gasteiger partial charge in [0.2, 0.25) is 11.8 Å². The predicted molar refractivity (Wildman–Crippen MR) is 197 cm³/mol. The number of carbonyl (C=O) groups is 4. The van der Waals surface area contributed by atoms with Gasteiger partial charge in [-0.2, -0.15) is 18.7 Å². The molecule has 1 aliphatic carbocycles. The highest BCUT2D eigenvalue weighted by atomic mass is 35.5. The van der Waals surface area contributed by atoms with E-state index < -0.39 is 70.3 Å². The van der Waals surface area contributed by atoms with Gasteiger partial charge in [-0.1, -0.05) is 63.9 Å². The summed E-state index contributed by atoms with van der Waals surface area (Å²) in [7, 11) is 0. The third kappa shape index (κ3) is 9.31. The molecule has 6 atom stereocenters. The van der Waals surface area contributed by atoms with E-state index in [2.05, 4.69) is 16.1 Å². The highest BCUT2D eigenvalue weighted by Crippen LogP contribution is 2.48. The van der Waals surface area contributed by atoms with E-state index in [1.54, 1.807) is 6.07 Å². The molecule has 15 heteroatoms. The van der Waals surface area contributed by atoms with Gasteiger partial charge < -0.3 is 25.1 Å². The first-order valence-electron chi connectivity index (χ1n) is 18.3. The minimum atomic E-state index is -4.55. The number of carbonyl (C=O) groups excluding carboxylic acids is 4. The van der Waals surface area contributed by atoms with Crippen molar-refractivity contribution in [3.63, 3.8) is 0 Å². The third-order valence-electron chi connectivity index (χ3n) is 10.5. The molecular weight excluding hydrogens is 727 g/mol. The zero-order chi connectivity index (χ0) is 39.8. The van der Waals surface area contributed by atoms with Crippen molar-refractivity contribution in [2.24, 2.45) is 17.3 Å². The third-order valence-corrected chi connectivity index (χ3v) is 10.9. The van der Waals surface area contributed by atoms with E-state index in [4.69, 9.17) is 21.2 Å². The number of amides is 3. The smallest absolute Gasteiger partial charge is 0.416 e. The number of benzene rings is 2. The number of aldehydes is 1. The number of fused-ring (bicyclic) bond motifs is 1. The van der Waals surface area contributed by atoms with Crippen molar-refractivity contribution in [2.45, 2.75) is 116 Å². The van der Waals surface area contributed by atoms with E-state index >= 15 is 0 Å². The Morgan fingerprint density at radius 3 is 2.35 bits per heavy atom. The van der Waals surface area contributed by atoms with Crippen LogP contribution in [0, 0.1) is 17.3 Å². The van der Waals surface area contributed by atoms with E-state index in [0.29, 0.717) is 30.7 Å². The molecule has 2 fully saturated rings. The fraction of sp³-hybridized carbons (Fsp3) is 0.590. The van der Waals surface area contributed by atoms with Gasteiger partial charge in [0.05, 0.1) is 35.7 Å². The Morgan fingerprint density at radius 1 is 1.06 bits per heavy atom. The minimum absolute atomic E-state index is 0.00662. The van der Waals surface area contributed by atoms with E-state index in [1.807, 2.05) is 60.6 Å². The first kappa shape index (κ1) is 41.3. The number of halogens is 4. The zero-order valence-corrected chi connectivity index (χ0v) is 32.6. The maximum atomic E-state index is 14.6. The van der Waals surface area contributed by atoms with Crippen molar-refractivity contribution in [3.05, 3.63) is 64.2 Å². The average Bonchev–Trinajstić information content (AvgIpc) is 3.37. The molecule has 5 rings (SSSR count). The summed E-state index contributed by atoms with van der Waals surface area (Å²) in [6.07, 6.45) is -4.14. The van der Waals surface area contributed by atoms with E-state index in [0.717, 1.165) is 23.3 Å². The molecule has 0 radical (unpaired) electrons. The zero-order valence-electron chi connectivity index (χ0n) is 31.8. The second kappa shape index (κ2) is 15.7. The maximum Gasteiger partial charge on any atom is 0.416 e. The fourth-order valence-electron chi connectivity index (χ4n) is 7.37. The van der Waals surface area contributed by atoms with Crippen LogP contribution < -0.4 is 16.1 Å². The molecule has 296 valence electrons. The molecule has 2 heterocycles. The van der Waals surface area contributed by atoms with Crippen LogP contribution in [0.3, 0.4) is 0 Å². The fourth-order valence-corrected chi connectivity index (χ4v) is 7.62. The second-order valence-electron chi connectivity index (χ2n) is 16.6. The van der Waals surface area contributed by atoms with E-state index in [1.165, 1.54) is 21.9 Å². The number of rotatable bonds is 12. The molecule has 6 unspecified atom stereocenters. The number of nitrogens with one attached hydrogen (secondary N) is 3. The summed E-state index contributed by atoms with van der Waals surface area (Å²) in [4.78, 5) is 63.5. The summed E-state index contributed by atoms with van der Waals surface area (Å²) >= 11 is 6.37. The lowest BCUT2D eigenvalue weighted by atomic mass is 9.79. The van der Waals surface area contributed by atoms with Crippen molar-refractivity contribution < 1.29 is 41.9 Å². The normalized spacial score (nSPS) is 23.7. The molecule has 0 spiro atoms. The first-order valence-corrected chi connectivity index (χ1v) is 18.7. The average molecular weight is 778 g/mol. The number of alkyl halides is 3. The van der Waals surface area contributed by atoms with Crippen molar-refractivity contribution in [1.82, 2.24) is 20.6 Å². The molecule has 0 aromatic heterocycles. The molecule has 1 saturated carbocycles. The molecule has 0 bridgehead atoms. The SMILES string of the molecule is CCC1CC1(NC(=O)C1CC(OC(=O)N2Cc3cccc(Cl)c3C2)CN1C(=O)C(CNc1cccc(C(F)(F)F)c1)C(C)(C)C)C(C=O)NOC(C)(C)C. The lowest BCUT2D eigenvalue weighted by Crippen LogP contribution is -2.59. The first-order chi connectivity index (χ1) is 25.2. The number of hydroxylamine groups is 1. The molecule has 2 aliphatic heterocycles. The lowest BCUT2D eigenvalue weighted by molar-refractivity contribution is -0.145. The van der Waals surface area contributed by atoms with Gasteiger partial charge in [-0.15, -0.1) is 0 Å². The van der Waals surface area contributed by atoms with Crippen LogP contribution in [0.2, 0.25) is 5.02 Å². The Bertz CT molecular complexity index is 1730. The summed E-state index contributed by atoms with van der Waals surface area (Å²) in [5.74, 6) is -1.80. The van der Waals surface area contributed by atoms with E-state index in [-0.39, 0.29) is 37.7 Å². The summed E-state index contributed by atoms with van der Waals surface area (Å²) in [6.45, 7) is 13.4. The number of anilines is 1. The monoisotopic (exact) mass is 777 g/mol. The van der Waals surface area contributed by atoms with Gasteiger partial charge in [0, 0.05) is 30.2 Å². The van der Waals surface area contributed by atoms with E-state index in [9.17, 15) is 32.3 Å². The van der Waals surface area contributed by atoms with Gasteiger partial charge in [-0.25, -0.2) is 4.79 Å². The van der Waals surface area contributed by atoms with Crippen molar-refractivity contribution >= 4 is 41.5 Å². The molecule has 2 aromatic carbocycles.